The molecule has 0 aliphatic rings. The van der Waals surface area contributed by atoms with Crippen molar-refractivity contribution in [1.29, 1.82) is 0 Å². The summed E-state index contributed by atoms with van der Waals surface area (Å²) in [5.41, 5.74) is 7.84. The zero-order valence-corrected chi connectivity index (χ0v) is 19.1. The summed E-state index contributed by atoms with van der Waals surface area (Å²) in [6.07, 6.45) is 2.39. The minimum atomic E-state index is -0.903. The third kappa shape index (κ3) is 11.3. The predicted molar refractivity (Wildman–Crippen MR) is 124 cm³/mol. The lowest BCUT2D eigenvalue weighted by Crippen LogP contribution is -2.37. The standard InChI is InChI=1S/C26H33NO6/c1-20(27)26(30)33-23(18-31-24(28)16-8-14-21-10-4-2-5-11-21)19-32-25(29)17-9-15-22-12-6-3-7-13-22/h2-7,10-13,20,23H,8-9,14-19,27H2,1H3/t20-/m0/s1. The van der Waals surface area contributed by atoms with E-state index >= 15 is 0 Å². The summed E-state index contributed by atoms with van der Waals surface area (Å²) in [5.74, 6) is -1.45. The van der Waals surface area contributed by atoms with Crippen LogP contribution in [0.5, 0.6) is 0 Å². The Morgan fingerprint density at radius 2 is 1.18 bits per heavy atom. The fraction of sp³-hybridized carbons (Fsp3) is 0.423. The van der Waals surface area contributed by atoms with E-state index in [0.717, 1.165) is 24.0 Å². The van der Waals surface area contributed by atoms with Crippen molar-refractivity contribution in [3.8, 4) is 0 Å². The summed E-state index contributed by atoms with van der Waals surface area (Å²) in [4.78, 5) is 36.0. The highest BCUT2D eigenvalue weighted by molar-refractivity contribution is 5.75. The van der Waals surface area contributed by atoms with Gasteiger partial charge in [-0.15, -0.1) is 0 Å². The molecule has 0 spiro atoms. The summed E-state index contributed by atoms with van der Waals surface area (Å²) in [6.45, 7) is 1.10. The van der Waals surface area contributed by atoms with Crippen LogP contribution in [0.3, 0.4) is 0 Å². The van der Waals surface area contributed by atoms with Gasteiger partial charge in [-0.05, 0) is 43.7 Å². The van der Waals surface area contributed by atoms with Crippen LogP contribution in [0.2, 0.25) is 0 Å². The van der Waals surface area contributed by atoms with E-state index < -0.39 is 30.1 Å². The topological polar surface area (TPSA) is 105 Å². The van der Waals surface area contributed by atoms with Crippen LogP contribution in [0.1, 0.15) is 43.7 Å². The number of benzene rings is 2. The smallest absolute Gasteiger partial charge is 0.323 e. The van der Waals surface area contributed by atoms with Crippen LogP contribution in [-0.4, -0.2) is 43.3 Å². The van der Waals surface area contributed by atoms with Gasteiger partial charge < -0.3 is 19.9 Å². The van der Waals surface area contributed by atoms with Gasteiger partial charge in [0.1, 0.15) is 19.3 Å². The number of carbonyl (C=O) groups excluding carboxylic acids is 3. The average Bonchev–Trinajstić information content (AvgIpc) is 2.82. The lowest BCUT2D eigenvalue weighted by molar-refractivity contribution is -0.167. The number of rotatable bonds is 14. The largest absolute Gasteiger partial charge is 0.462 e. The second-order valence-electron chi connectivity index (χ2n) is 7.89. The molecule has 0 aliphatic carbocycles. The van der Waals surface area contributed by atoms with Crippen LogP contribution >= 0.6 is 0 Å². The van der Waals surface area contributed by atoms with Gasteiger partial charge >= 0.3 is 17.9 Å². The Hall–Kier alpha value is -3.19. The van der Waals surface area contributed by atoms with Crippen LogP contribution < -0.4 is 5.73 Å². The summed E-state index contributed by atoms with van der Waals surface area (Å²) in [7, 11) is 0. The SMILES string of the molecule is C[C@H](N)C(=O)OC(COC(=O)CCCc1ccccc1)COC(=O)CCCc1ccccc1. The third-order valence-electron chi connectivity index (χ3n) is 4.89. The third-order valence-corrected chi connectivity index (χ3v) is 4.89. The molecule has 0 fully saturated rings. The monoisotopic (exact) mass is 455 g/mol. The Morgan fingerprint density at radius 3 is 1.58 bits per heavy atom. The van der Waals surface area contributed by atoms with Crippen LogP contribution in [0.4, 0.5) is 0 Å². The second kappa shape index (κ2) is 14.8. The second-order valence-corrected chi connectivity index (χ2v) is 7.89. The van der Waals surface area contributed by atoms with Gasteiger partial charge in [0.05, 0.1) is 0 Å². The molecule has 0 heterocycles. The Labute approximate surface area is 195 Å². The zero-order chi connectivity index (χ0) is 23.9. The Bertz CT molecular complexity index is 792. The van der Waals surface area contributed by atoms with Crippen molar-refractivity contribution in [2.75, 3.05) is 13.2 Å². The molecular weight excluding hydrogens is 422 g/mol. The van der Waals surface area contributed by atoms with Crippen molar-refractivity contribution in [3.63, 3.8) is 0 Å². The first-order valence-electron chi connectivity index (χ1n) is 11.3. The van der Waals surface area contributed by atoms with E-state index in [1.807, 2.05) is 60.7 Å². The molecule has 7 nitrogen and oxygen atoms in total. The van der Waals surface area contributed by atoms with Crippen LogP contribution in [0, 0.1) is 0 Å². The van der Waals surface area contributed by atoms with Crippen molar-refractivity contribution < 1.29 is 28.6 Å². The molecule has 1 atom stereocenters. The van der Waals surface area contributed by atoms with Gasteiger partial charge in [-0.2, -0.15) is 0 Å². The van der Waals surface area contributed by atoms with Gasteiger partial charge in [0.25, 0.3) is 0 Å². The zero-order valence-electron chi connectivity index (χ0n) is 19.1. The maximum Gasteiger partial charge on any atom is 0.323 e. The number of ether oxygens (including phenoxy) is 3. The van der Waals surface area contributed by atoms with Gasteiger partial charge in [0.2, 0.25) is 0 Å². The van der Waals surface area contributed by atoms with E-state index in [1.54, 1.807) is 0 Å². The van der Waals surface area contributed by atoms with Gasteiger partial charge in [-0.3, -0.25) is 14.4 Å². The Kier molecular flexibility index (Phi) is 11.7. The molecule has 33 heavy (non-hydrogen) atoms. The number of esters is 3. The molecule has 0 amide bonds. The highest BCUT2D eigenvalue weighted by Crippen LogP contribution is 2.08. The van der Waals surface area contributed by atoms with E-state index in [0.29, 0.717) is 12.8 Å². The Balaban J connectivity index is 1.72. The molecule has 2 N–H and O–H groups in total. The summed E-state index contributed by atoms with van der Waals surface area (Å²) < 4.78 is 15.7. The molecule has 0 bridgehead atoms. The molecular formula is C26H33NO6. The van der Waals surface area contributed by atoms with Crippen molar-refractivity contribution in [3.05, 3.63) is 71.8 Å². The van der Waals surface area contributed by atoms with E-state index in [4.69, 9.17) is 19.9 Å². The first-order valence-corrected chi connectivity index (χ1v) is 11.3. The molecule has 0 unspecified atom stereocenters. The maximum atomic E-state index is 12.1. The van der Waals surface area contributed by atoms with Crippen LogP contribution in [0.15, 0.2) is 60.7 Å². The normalized spacial score (nSPS) is 11.6. The molecule has 0 saturated carbocycles. The molecule has 2 rings (SSSR count). The molecule has 0 radical (unpaired) electrons. The van der Waals surface area contributed by atoms with Crippen molar-refractivity contribution in [1.82, 2.24) is 0 Å². The van der Waals surface area contributed by atoms with E-state index in [1.165, 1.54) is 6.92 Å². The number of carbonyl (C=O) groups is 3. The van der Waals surface area contributed by atoms with Crippen molar-refractivity contribution in [2.45, 2.75) is 57.6 Å². The molecule has 0 aromatic heterocycles. The van der Waals surface area contributed by atoms with E-state index in [-0.39, 0.29) is 26.1 Å². The molecule has 7 heteroatoms. The first-order chi connectivity index (χ1) is 15.9. The van der Waals surface area contributed by atoms with Crippen molar-refractivity contribution in [2.24, 2.45) is 5.73 Å². The maximum absolute atomic E-state index is 12.1. The van der Waals surface area contributed by atoms with Gasteiger partial charge in [0, 0.05) is 12.8 Å². The lowest BCUT2D eigenvalue weighted by atomic mass is 10.1. The van der Waals surface area contributed by atoms with Gasteiger partial charge in [-0.25, -0.2) is 0 Å². The fourth-order valence-electron chi connectivity index (χ4n) is 3.07. The highest BCUT2D eigenvalue weighted by Gasteiger charge is 2.21. The van der Waals surface area contributed by atoms with E-state index in [2.05, 4.69) is 0 Å². The number of aryl methyl sites for hydroxylation is 2. The highest BCUT2D eigenvalue weighted by atomic mass is 16.6. The quantitative estimate of drug-likeness (QED) is 0.344. The lowest BCUT2D eigenvalue weighted by Gasteiger charge is -2.19. The minimum absolute atomic E-state index is 0.195. The molecule has 0 aliphatic heterocycles. The first kappa shape index (κ1) is 26.1. The average molecular weight is 456 g/mol. The van der Waals surface area contributed by atoms with Gasteiger partial charge in [-0.1, -0.05) is 60.7 Å². The fourth-order valence-corrected chi connectivity index (χ4v) is 3.07. The summed E-state index contributed by atoms with van der Waals surface area (Å²) in [6, 6.07) is 18.9. The molecule has 2 aromatic rings. The summed E-state index contributed by atoms with van der Waals surface area (Å²) in [5, 5.41) is 0. The number of hydrogen-bond donors (Lipinski definition) is 1. The summed E-state index contributed by atoms with van der Waals surface area (Å²) >= 11 is 0. The predicted octanol–water partition coefficient (Wildman–Crippen LogP) is 3.38. The van der Waals surface area contributed by atoms with E-state index in [9.17, 15) is 14.4 Å². The molecule has 2 aromatic carbocycles. The Morgan fingerprint density at radius 1 is 0.758 bits per heavy atom. The molecule has 178 valence electrons. The molecule has 0 saturated heterocycles. The number of nitrogens with two attached hydrogens (primary N) is 1. The van der Waals surface area contributed by atoms with Gasteiger partial charge in [0.15, 0.2) is 6.10 Å². The number of hydrogen-bond acceptors (Lipinski definition) is 7. The van der Waals surface area contributed by atoms with Crippen LogP contribution in [-0.2, 0) is 41.4 Å². The minimum Gasteiger partial charge on any atom is -0.462 e. The van der Waals surface area contributed by atoms with Crippen LogP contribution in [0.25, 0.3) is 0 Å². The van der Waals surface area contributed by atoms with Crippen molar-refractivity contribution >= 4 is 17.9 Å².